The number of halogens is 1. The summed E-state index contributed by atoms with van der Waals surface area (Å²) in [5.74, 6) is -0.498. The summed E-state index contributed by atoms with van der Waals surface area (Å²) in [4.78, 5) is 18.5. The lowest BCUT2D eigenvalue weighted by molar-refractivity contribution is -0.115. The molecule has 0 atom stereocenters. The van der Waals surface area contributed by atoms with Gasteiger partial charge in [0.05, 0.1) is 17.0 Å². The van der Waals surface area contributed by atoms with Crippen LogP contribution in [0.4, 0.5) is 10.1 Å². The molecule has 1 heterocycles. The van der Waals surface area contributed by atoms with Crippen molar-refractivity contribution in [3.05, 3.63) is 95.4 Å². The number of nitrogens with zero attached hydrogens (tertiary/aromatic N) is 1. The van der Waals surface area contributed by atoms with E-state index in [1.807, 2.05) is 37.3 Å². The number of thiazole rings is 1. The minimum Gasteiger partial charge on any atom is -0.326 e. The first-order chi connectivity index (χ1) is 14.5. The van der Waals surface area contributed by atoms with E-state index in [0.717, 1.165) is 26.7 Å². The number of nitrogens with one attached hydrogen (secondary N) is 1. The van der Waals surface area contributed by atoms with Crippen LogP contribution in [0.2, 0.25) is 0 Å². The minimum atomic E-state index is -0.320. The molecule has 0 radical (unpaired) electrons. The van der Waals surface area contributed by atoms with Gasteiger partial charge in [0.1, 0.15) is 10.8 Å². The summed E-state index contributed by atoms with van der Waals surface area (Å²) in [5.41, 5.74) is 5.28. The molecule has 1 amide bonds. The van der Waals surface area contributed by atoms with Crippen molar-refractivity contribution in [2.75, 3.05) is 5.32 Å². The van der Waals surface area contributed by atoms with Crippen molar-refractivity contribution in [2.24, 2.45) is 0 Å². The molecule has 0 fully saturated rings. The van der Waals surface area contributed by atoms with Gasteiger partial charge < -0.3 is 5.32 Å². The number of amides is 1. The standard InChI is InChI=1S/C25H21FN2OS/c1-16-8-10-18(11-9-16)24-22(28-25(30-24)19-6-4-3-5-7-19)15-23(29)27-21-13-12-20(26)14-17(21)2/h3-14H,15H2,1-2H3,(H,27,29). The number of hydrogen-bond acceptors (Lipinski definition) is 3. The number of benzene rings is 3. The Balaban J connectivity index is 1.66. The van der Waals surface area contributed by atoms with Crippen molar-refractivity contribution in [1.82, 2.24) is 4.98 Å². The van der Waals surface area contributed by atoms with Crippen LogP contribution < -0.4 is 5.32 Å². The van der Waals surface area contributed by atoms with Gasteiger partial charge in [0.2, 0.25) is 5.91 Å². The summed E-state index contributed by atoms with van der Waals surface area (Å²) in [6.07, 6.45) is 0.142. The summed E-state index contributed by atoms with van der Waals surface area (Å²) in [6, 6.07) is 22.5. The third kappa shape index (κ3) is 4.47. The van der Waals surface area contributed by atoms with Gasteiger partial charge in [-0.1, -0.05) is 60.2 Å². The van der Waals surface area contributed by atoms with Crippen LogP contribution in [-0.4, -0.2) is 10.9 Å². The predicted octanol–water partition coefficient (Wildman–Crippen LogP) is 6.41. The van der Waals surface area contributed by atoms with Crippen molar-refractivity contribution < 1.29 is 9.18 Å². The first-order valence-corrected chi connectivity index (χ1v) is 10.5. The molecule has 3 nitrogen and oxygen atoms in total. The Morgan fingerprint density at radius 2 is 1.70 bits per heavy atom. The second-order valence-electron chi connectivity index (χ2n) is 7.21. The first-order valence-electron chi connectivity index (χ1n) is 9.68. The second kappa shape index (κ2) is 8.59. The van der Waals surface area contributed by atoms with Crippen LogP contribution >= 0.6 is 11.3 Å². The first kappa shape index (κ1) is 20.0. The maximum atomic E-state index is 13.3. The van der Waals surface area contributed by atoms with E-state index in [2.05, 4.69) is 29.6 Å². The van der Waals surface area contributed by atoms with Crippen molar-refractivity contribution >= 4 is 22.9 Å². The number of carbonyl (C=O) groups excluding carboxylic acids is 1. The molecule has 5 heteroatoms. The maximum absolute atomic E-state index is 13.3. The molecule has 0 saturated heterocycles. The van der Waals surface area contributed by atoms with Crippen molar-refractivity contribution in [1.29, 1.82) is 0 Å². The normalized spacial score (nSPS) is 10.8. The van der Waals surface area contributed by atoms with Crippen LogP contribution in [0.15, 0.2) is 72.8 Å². The Morgan fingerprint density at radius 1 is 0.967 bits per heavy atom. The lowest BCUT2D eigenvalue weighted by Gasteiger charge is -2.08. The third-order valence-corrected chi connectivity index (χ3v) is 6.02. The van der Waals surface area contributed by atoms with Gasteiger partial charge in [-0.05, 0) is 43.2 Å². The van der Waals surface area contributed by atoms with Crippen molar-refractivity contribution in [2.45, 2.75) is 20.3 Å². The van der Waals surface area contributed by atoms with E-state index in [4.69, 9.17) is 4.98 Å². The lowest BCUT2D eigenvalue weighted by atomic mass is 10.1. The van der Waals surface area contributed by atoms with Gasteiger partial charge in [0, 0.05) is 11.3 Å². The van der Waals surface area contributed by atoms with Crippen LogP contribution in [0.3, 0.4) is 0 Å². The zero-order chi connectivity index (χ0) is 21.1. The highest BCUT2D eigenvalue weighted by Crippen LogP contribution is 2.36. The van der Waals surface area contributed by atoms with Crippen LogP contribution in [0.25, 0.3) is 21.0 Å². The Kier molecular flexibility index (Phi) is 5.72. The molecule has 30 heavy (non-hydrogen) atoms. The average Bonchev–Trinajstić information content (AvgIpc) is 3.15. The largest absolute Gasteiger partial charge is 0.326 e. The third-order valence-electron chi connectivity index (χ3n) is 4.82. The quantitative estimate of drug-likeness (QED) is 0.408. The Morgan fingerprint density at radius 3 is 2.40 bits per heavy atom. The van der Waals surface area contributed by atoms with E-state index < -0.39 is 0 Å². The van der Waals surface area contributed by atoms with Crippen LogP contribution in [-0.2, 0) is 11.2 Å². The molecule has 0 aliphatic rings. The van der Waals surface area contributed by atoms with Crippen LogP contribution in [0.1, 0.15) is 16.8 Å². The highest BCUT2D eigenvalue weighted by Gasteiger charge is 2.18. The number of rotatable bonds is 5. The molecular weight excluding hydrogens is 395 g/mol. The minimum absolute atomic E-state index is 0.142. The zero-order valence-corrected chi connectivity index (χ0v) is 17.6. The molecule has 0 bridgehead atoms. The van der Waals surface area contributed by atoms with E-state index in [9.17, 15) is 9.18 Å². The van der Waals surface area contributed by atoms with E-state index >= 15 is 0 Å². The Hall–Kier alpha value is -3.31. The van der Waals surface area contributed by atoms with Crippen molar-refractivity contribution in [3.63, 3.8) is 0 Å². The molecule has 0 unspecified atom stereocenters. The molecule has 4 aromatic rings. The van der Waals surface area contributed by atoms with E-state index in [1.54, 1.807) is 24.3 Å². The van der Waals surface area contributed by atoms with Crippen molar-refractivity contribution in [3.8, 4) is 21.0 Å². The number of carbonyl (C=O) groups is 1. The molecule has 3 aromatic carbocycles. The predicted molar refractivity (Wildman–Crippen MR) is 121 cm³/mol. The van der Waals surface area contributed by atoms with Crippen LogP contribution in [0.5, 0.6) is 0 Å². The highest BCUT2D eigenvalue weighted by atomic mass is 32.1. The van der Waals surface area contributed by atoms with Gasteiger partial charge in [0.15, 0.2) is 0 Å². The molecule has 0 saturated carbocycles. The average molecular weight is 417 g/mol. The molecule has 0 aliphatic heterocycles. The summed E-state index contributed by atoms with van der Waals surface area (Å²) < 4.78 is 13.3. The van der Waals surface area contributed by atoms with E-state index in [-0.39, 0.29) is 18.1 Å². The molecular formula is C25H21FN2OS. The van der Waals surface area contributed by atoms with Gasteiger partial charge in [0.25, 0.3) is 0 Å². The number of aromatic nitrogens is 1. The van der Waals surface area contributed by atoms with E-state index in [0.29, 0.717) is 11.3 Å². The summed E-state index contributed by atoms with van der Waals surface area (Å²) >= 11 is 1.58. The highest BCUT2D eigenvalue weighted by molar-refractivity contribution is 7.18. The summed E-state index contributed by atoms with van der Waals surface area (Å²) in [5, 5.41) is 3.76. The SMILES string of the molecule is Cc1ccc(-c2sc(-c3ccccc3)nc2CC(=O)Nc2ccc(F)cc2C)cc1. The Bertz CT molecular complexity index is 1180. The number of aryl methyl sites for hydroxylation is 2. The molecule has 4 rings (SSSR count). The molecule has 150 valence electrons. The second-order valence-corrected chi connectivity index (χ2v) is 8.21. The number of hydrogen-bond donors (Lipinski definition) is 1. The van der Waals surface area contributed by atoms with Gasteiger partial charge >= 0.3 is 0 Å². The molecule has 1 N–H and O–H groups in total. The van der Waals surface area contributed by atoms with Gasteiger partial charge in [-0.15, -0.1) is 11.3 Å². The van der Waals surface area contributed by atoms with Crippen LogP contribution in [0, 0.1) is 19.7 Å². The van der Waals surface area contributed by atoms with Gasteiger partial charge in [-0.25, -0.2) is 9.37 Å². The fraction of sp³-hybridized carbons (Fsp3) is 0.120. The molecule has 1 aromatic heterocycles. The lowest BCUT2D eigenvalue weighted by Crippen LogP contribution is -2.16. The Labute approximate surface area is 179 Å². The zero-order valence-electron chi connectivity index (χ0n) is 16.8. The topological polar surface area (TPSA) is 42.0 Å². The molecule has 0 aliphatic carbocycles. The monoisotopic (exact) mass is 416 g/mol. The fourth-order valence-electron chi connectivity index (χ4n) is 3.22. The maximum Gasteiger partial charge on any atom is 0.230 e. The van der Waals surface area contributed by atoms with E-state index in [1.165, 1.54) is 17.7 Å². The van der Waals surface area contributed by atoms with Gasteiger partial charge in [-0.2, -0.15) is 0 Å². The summed E-state index contributed by atoms with van der Waals surface area (Å²) in [7, 11) is 0. The fourth-order valence-corrected chi connectivity index (χ4v) is 4.31. The smallest absolute Gasteiger partial charge is 0.230 e. The van der Waals surface area contributed by atoms with Gasteiger partial charge in [-0.3, -0.25) is 4.79 Å². The number of anilines is 1. The molecule has 0 spiro atoms. The summed E-state index contributed by atoms with van der Waals surface area (Å²) in [6.45, 7) is 3.82.